The van der Waals surface area contributed by atoms with Crippen molar-refractivity contribution in [1.82, 2.24) is 14.9 Å². The van der Waals surface area contributed by atoms with Crippen molar-refractivity contribution in [3.63, 3.8) is 0 Å². The molecule has 0 aliphatic heterocycles. The van der Waals surface area contributed by atoms with Gasteiger partial charge >= 0.3 is 5.97 Å². The fraction of sp³-hybridized carbons (Fsp3) is 0.371. The van der Waals surface area contributed by atoms with E-state index in [2.05, 4.69) is 10.3 Å². The van der Waals surface area contributed by atoms with Gasteiger partial charge in [-0.05, 0) is 91.8 Å². The van der Waals surface area contributed by atoms with Crippen LogP contribution in [0.25, 0.3) is 16.7 Å². The van der Waals surface area contributed by atoms with Crippen LogP contribution in [0, 0.1) is 17.8 Å². The highest BCUT2D eigenvalue weighted by molar-refractivity contribution is 5.96. The minimum atomic E-state index is -0.663. The van der Waals surface area contributed by atoms with E-state index in [1.807, 2.05) is 30.3 Å². The lowest BCUT2D eigenvalue weighted by atomic mass is 9.52. The molecule has 0 saturated heterocycles. The number of amides is 1. The van der Waals surface area contributed by atoms with Gasteiger partial charge < -0.3 is 19.9 Å². The Morgan fingerprint density at radius 2 is 1.77 bits per heavy atom. The highest BCUT2D eigenvalue weighted by atomic mass is 16.5. The number of methoxy groups -OCH3 is 2. The molecule has 4 saturated carbocycles. The normalized spacial score (nSPS) is 25.2. The van der Waals surface area contributed by atoms with Crippen LogP contribution in [0.5, 0.6) is 5.75 Å². The molecule has 2 aromatic heterocycles. The van der Waals surface area contributed by atoms with Crippen molar-refractivity contribution in [3.05, 3.63) is 99.5 Å². The Kier molecular flexibility index (Phi) is 7.00. The molecule has 4 aliphatic carbocycles. The van der Waals surface area contributed by atoms with Crippen LogP contribution in [-0.4, -0.2) is 52.4 Å². The Bertz CT molecular complexity index is 1820. The number of pyridine rings is 2. The Morgan fingerprint density at radius 3 is 2.45 bits per heavy atom. The van der Waals surface area contributed by atoms with E-state index in [0.29, 0.717) is 51.4 Å². The molecule has 4 aromatic rings. The van der Waals surface area contributed by atoms with Crippen molar-refractivity contribution in [3.8, 4) is 11.4 Å². The zero-order chi connectivity index (χ0) is 30.6. The van der Waals surface area contributed by atoms with Crippen LogP contribution in [0.2, 0.25) is 0 Å². The van der Waals surface area contributed by atoms with Crippen molar-refractivity contribution in [2.24, 2.45) is 17.8 Å². The number of para-hydroxylation sites is 1. The van der Waals surface area contributed by atoms with Crippen molar-refractivity contribution in [2.45, 2.75) is 50.2 Å². The lowest BCUT2D eigenvalue weighted by Crippen LogP contribution is -2.61. The third-order valence-electron chi connectivity index (χ3n) is 9.87. The Labute approximate surface area is 254 Å². The third kappa shape index (κ3) is 4.76. The molecule has 5 atom stereocenters. The van der Waals surface area contributed by atoms with Gasteiger partial charge in [-0.2, -0.15) is 0 Å². The molecule has 0 spiro atoms. The second-order valence-electron chi connectivity index (χ2n) is 12.6. The first-order valence-corrected chi connectivity index (χ1v) is 15.1. The highest BCUT2D eigenvalue weighted by Gasteiger charge is 2.55. The van der Waals surface area contributed by atoms with Crippen molar-refractivity contribution in [1.29, 1.82) is 0 Å². The number of nitrogens with zero attached hydrogens (tertiary/aromatic N) is 2. The van der Waals surface area contributed by atoms with Gasteiger partial charge in [0, 0.05) is 35.5 Å². The van der Waals surface area contributed by atoms with E-state index in [4.69, 9.17) is 9.47 Å². The summed E-state index contributed by atoms with van der Waals surface area (Å²) < 4.78 is 12.6. The number of aromatic nitrogens is 2. The lowest BCUT2D eigenvalue weighted by Gasteiger charge is -2.58. The molecule has 0 radical (unpaired) electrons. The van der Waals surface area contributed by atoms with E-state index in [9.17, 15) is 19.5 Å². The van der Waals surface area contributed by atoms with E-state index in [0.717, 1.165) is 32.1 Å². The smallest absolute Gasteiger partial charge is 0.355 e. The number of carbonyl (C=O) groups excluding carboxylic acids is 2. The second-order valence-corrected chi connectivity index (χ2v) is 12.6. The maximum atomic E-state index is 13.9. The van der Waals surface area contributed by atoms with Gasteiger partial charge in [-0.3, -0.25) is 14.2 Å². The minimum absolute atomic E-state index is 0.0512. The van der Waals surface area contributed by atoms with Gasteiger partial charge in [-0.1, -0.05) is 24.3 Å². The maximum Gasteiger partial charge on any atom is 0.355 e. The molecular formula is C35H35N3O6. The number of carbonyl (C=O) groups is 2. The van der Waals surface area contributed by atoms with Crippen LogP contribution in [0.4, 0.5) is 0 Å². The van der Waals surface area contributed by atoms with Gasteiger partial charge in [0.25, 0.3) is 5.91 Å². The summed E-state index contributed by atoms with van der Waals surface area (Å²) in [6.45, 7) is 0. The standard InChI is InChI=1S/C35H35N3O6/c1-43-28-16-22(33(40)37-29-23-13-20-14-24(29)19-35(42,17-20)18-23)11-10-21(28)15-27-30(34(41)44-2)38(25-7-4-3-5-8-25)32-26(31(27)39)9-6-12-36-32/h3-12,16,20,23-24,29,42H,13-15,17-19H2,1-2H3,(H,37,40)/t20-,23+,24-,29-,35-. The fourth-order valence-electron chi connectivity index (χ4n) is 8.24. The lowest BCUT2D eigenvalue weighted by molar-refractivity contribution is -0.136. The SMILES string of the molecule is COC(=O)c1c(Cc2ccc(C(=O)N[C@H]3[C@@H]4C[C@H]5C[C@H]3C[C@](O)(C5)C4)cc2OC)c(=O)c2cccnc2n1-c1ccccc1. The summed E-state index contributed by atoms with van der Waals surface area (Å²) >= 11 is 0. The zero-order valence-corrected chi connectivity index (χ0v) is 24.8. The quantitative estimate of drug-likeness (QED) is 0.304. The van der Waals surface area contributed by atoms with Gasteiger partial charge in [-0.15, -0.1) is 0 Å². The van der Waals surface area contributed by atoms with Gasteiger partial charge in [0.2, 0.25) is 0 Å². The zero-order valence-electron chi connectivity index (χ0n) is 24.8. The van der Waals surface area contributed by atoms with Crippen molar-refractivity contribution in [2.75, 3.05) is 14.2 Å². The summed E-state index contributed by atoms with van der Waals surface area (Å²) in [7, 11) is 2.80. The molecule has 8 rings (SSSR count). The molecule has 1 amide bonds. The van der Waals surface area contributed by atoms with E-state index in [-0.39, 0.29) is 35.1 Å². The van der Waals surface area contributed by atoms with Crippen molar-refractivity contribution < 1.29 is 24.2 Å². The molecule has 226 valence electrons. The number of rotatable bonds is 7. The van der Waals surface area contributed by atoms with Gasteiger partial charge in [-0.25, -0.2) is 9.78 Å². The minimum Gasteiger partial charge on any atom is -0.496 e. The number of hydrogen-bond acceptors (Lipinski definition) is 7. The topological polar surface area (TPSA) is 120 Å². The second kappa shape index (κ2) is 10.9. The van der Waals surface area contributed by atoms with Crippen LogP contribution in [0.3, 0.4) is 0 Å². The van der Waals surface area contributed by atoms with Crippen LogP contribution < -0.4 is 15.5 Å². The van der Waals surface area contributed by atoms with Crippen LogP contribution in [0.15, 0.2) is 71.7 Å². The third-order valence-corrected chi connectivity index (χ3v) is 9.87. The van der Waals surface area contributed by atoms with Crippen molar-refractivity contribution >= 4 is 22.9 Å². The first-order valence-electron chi connectivity index (χ1n) is 15.1. The molecule has 2 N–H and O–H groups in total. The van der Waals surface area contributed by atoms with Crippen LogP contribution >= 0.6 is 0 Å². The van der Waals surface area contributed by atoms with E-state index in [1.54, 1.807) is 41.1 Å². The summed E-state index contributed by atoms with van der Waals surface area (Å²) in [6, 6.07) is 17.9. The molecule has 4 bridgehead atoms. The Morgan fingerprint density at radius 1 is 1.02 bits per heavy atom. The first-order chi connectivity index (χ1) is 21.3. The van der Waals surface area contributed by atoms with Crippen LogP contribution in [0.1, 0.15) is 64.1 Å². The maximum absolute atomic E-state index is 13.9. The average Bonchev–Trinajstić information content (AvgIpc) is 3.03. The number of esters is 1. The summed E-state index contributed by atoms with van der Waals surface area (Å²) in [5.74, 6) is 0.730. The largest absolute Gasteiger partial charge is 0.496 e. The Balaban J connectivity index is 1.25. The Hall–Kier alpha value is -4.50. The molecule has 0 unspecified atom stereocenters. The fourth-order valence-corrected chi connectivity index (χ4v) is 8.24. The number of hydrogen-bond donors (Lipinski definition) is 2. The van der Waals surface area contributed by atoms with E-state index < -0.39 is 11.6 Å². The predicted molar refractivity (Wildman–Crippen MR) is 164 cm³/mol. The molecule has 4 fully saturated rings. The van der Waals surface area contributed by atoms with Gasteiger partial charge in [0.15, 0.2) is 5.43 Å². The van der Waals surface area contributed by atoms with E-state index in [1.165, 1.54) is 14.2 Å². The first kappa shape index (κ1) is 28.3. The molecule has 9 nitrogen and oxygen atoms in total. The molecule has 2 aromatic carbocycles. The average molecular weight is 594 g/mol. The van der Waals surface area contributed by atoms with E-state index >= 15 is 0 Å². The monoisotopic (exact) mass is 593 g/mol. The molecular weight excluding hydrogens is 558 g/mol. The number of ether oxygens (including phenoxy) is 2. The summed E-state index contributed by atoms with van der Waals surface area (Å²) in [6.07, 6.45) is 6.14. The highest BCUT2D eigenvalue weighted by Crippen LogP contribution is 2.55. The molecule has 4 aliphatic rings. The number of aliphatic hydroxyl groups is 1. The van der Waals surface area contributed by atoms with Gasteiger partial charge in [0.05, 0.1) is 25.2 Å². The number of nitrogens with one attached hydrogen (secondary N) is 1. The molecule has 2 heterocycles. The molecule has 44 heavy (non-hydrogen) atoms. The van der Waals surface area contributed by atoms with Gasteiger partial charge in [0.1, 0.15) is 17.1 Å². The molecule has 9 heteroatoms. The number of fused-ring (bicyclic) bond motifs is 1. The van der Waals surface area contributed by atoms with Crippen LogP contribution in [-0.2, 0) is 11.2 Å². The summed E-state index contributed by atoms with van der Waals surface area (Å²) in [4.78, 5) is 45.2. The summed E-state index contributed by atoms with van der Waals surface area (Å²) in [5.41, 5.74) is 1.54. The summed E-state index contributed by atoms with van der Waals surface area (Å²) in [5, 5.41) is 14.6. The predicted octanol–water partition coefficient (Wildman–Crippen LogP) is 4.44. The number of benzene rings is 2.